The van der Waals surface area contributed by atoms with Gasteiger partial charge in [-0.3, -0.25) is 9.59 Å². The number of halogens is 1. The molecule has 4 nitrogen and oxygen atoms in total. The Morgan fingerprint density at radius 3 is 2.68 bits per heavy atom. The Morgan fingerprint density at radius 2 is 1.91 bits per heavy atom. The molecule has 0 saturated carbocycles. The Hall–Kier alpha value is -2.59. The standard InChI is InChI=1S/C17H12ClNO3/c1-10-4-2-7-13-14(20)9-15(22-16(10)13)17(21)19-12-6-3-5-11(18)8-12/h2-9H,1H3,(H,19,21). The van der Waals surface area contributed by atoms with E-state index in [1.54, 1.807) is 36.4 Å². The SMILES string of the molecule is Cc1cccc2c(=O)cc(C(=O)Nc3cccc(Cl)c3)oc12. The smallest absolute Gasteiger partial charge is 0.291 e. The second-order valence-electron chi connectivity index (χ2n) is 4.89. The van der Waals surface area contributed by atoms with Gasteiger partial charge in [0, 0.05) is 16.8 Å². The van der Waals surface area contributed by atoms with Crippen LogP contribution in [0.4, 0.5) is 5.69 Å². The third-order valence-electron chi connectivity index (χ3n) is 3.26. The van der Waals surface area contributed by atoms with Crippen LogP contribution >= 0.6 is 11.6 Å². The van der Waals surface area contributed by atoms with Crippen molar-refractivity contribution in [2.75, 3.05) is 5.32 Å². The quantitative estimate of drug-likeness (QED) is 0.777. The molecule has 3 rings (SSSR count). The Kier molecular flexibility index (Phi) is 3.69. The van der Waals surface area contributed by atoms with Crippen molar-refractivity contribution in [2.24, 2.45) is 0 Å². The predicted molar refractivity (Wildman–Crippen MR) is 86.6 cm³/mol. The molecule has 1 amide bonds. The normalized spacial score (nSPS) is 10.6. The molecule has 0 saturated heterocycles. The molecule has 0 aliphatic heterocycles. The van der Waals surface area contributed by atoms with E-state index < -0.39 is 5.91 Å². The highest BCUT2D eigenvalue weighted by atomic mass is 35.5. The number of amides is 1. The number of rotatable bonds is 2. The molecular weight excluding hydrogens is 302 g/mol. The summed E-state index contributed by atoms with van der Waals surface area (Å²) in [7, 11) is 0. The zero-order valence-corrected chi connectivity index (χ0v) is 12.5. The number of nitrogens with one attached hydrogen (secondary N) is 1. The van der Waals surface area contributed by atoms with E-state index in [0.717, 1.165) is 5.56 Å². The van der Waals surface area contributed by atoms with Gasteiger partial charge in [0.2, 0.25) is 0 Å². The molecule has 0 unspecified atom stereocenters. The minimum Gasteiger partial charge on any atom is -0.450 e. The van der Waals surface area contributed by atoms with Crippen LogP contribution in [-0.4, -0.2) is 5.91 Å². The largest absolute Gasteiger partial charge is 0.450 e. The summed E-state index contributed by atoms with van der Waals surface area (Å²) in [6.45, 7) is 1.82. The number of hydrogen-bond acceptors (Lipinski definition) is 3. The highest BCUT2D eigenvalue weighted by Gasteiger charge is 2.13. The number of fused-ring (bicyclic) bond motifs is 1. The van der Waals surface area contributed by atoms with Crippen molar-refractivity contribution in [3.05, 3.63) is 75.1 Å². The van der Waals surface area contributed by atoms with Crippen LogP contribution in [0.25, 0.3) is 11.0 Å². The first-order valence-corrected chi connectivity index (χ1v) is 7.03. The second kappa shape index (κ2) is 5.66. The van der Waals surface area contributed by atoms with E-state index in [4.69, 9.17) is 16.0 Å². The van der Waals surface area contributed by atoms with Gasteiger partial charge in [0.05, 0.1) is 5.39 Å². The molecule has 110 valence electrons. The Labute approximate surface area is 131 Å². The molecule has 0 aliphatic rings. The van der Waals surface area contributed by atoms with Crippen molar-refractivity contribution in [1.82, 2.24) is 0 Å². The van der Waals surface area contributed by atoms with Gasteiger partial charge in [-0.1, -0.05) is 29.8 Å². The van der Waals surface area contributed by atoms with Gasteiger partial charge in [0.25, 0.3) is 5.91 Å². The van der Waals surface area contributed by atoms with Crippen molar-refractivity contribution in [2.45, 2.75) is 6.92 Å². The zero-order chi connectivity index (χ0) is 15.7. The van der Waals surface area contributed by atoms with E-state index >= 15 is 0 Å². The van der Waals surface area contributed by atoms with Crippen LogP contribution in [-0.2, 0) is 0 Å². The molecule has 2 aromatic carbocycles. The summed E-state index contributed by atoms with van der Waals surface area (Å²) in [4.78, 5) is 24.3. The van der Waals surface area contributed by atoms with Gasteiger partial charge >= 0.3 is 0 Å². The number of para-hydroxylation sites is 1. The van der Waals surface area contributed by atoms with Crippen molar-refractivity contribution in [3.8, 4) is 0 Å². The maximum Gasteiger partial charge on any atom is 0.291 e. The van der Waals surface area contributed by atoms with Crippen LogP contribution in [0.1, 0.15) is 16.1 Å². The van der Waals surface area contributed by atoms with Crippen molar-refractivity contribution in [1.29, 1.82) is 0 Å². The lowest BCUT2D eigenvalue weighted by Gasteiger charge is -2.06. The van der Waals surface area contributed by atoms with Crippen LogP contribution in [0.3, 0.4) is 0 Å². The molecule has 1 heterocycles. The van der Waals surface area contributed by atoms with Gasteiger partial charge in [-0.15, -0.1) is 0 Å². The number of carbonyl (C=O) groups excluding carboxylic acids is 1. The first-order chi connectivity index (χ1) is 10.5. The minimum absolute atomic E-state index is 0.0354. The van der Waals surface area contributed by atoms with Gasteiger partial charge in [-0.2, -0.15) is 0 Å². The lowest BCUT2D eigenvalue weighted by molar-refractivity contribution is 0.0997. The summed E-state index contributed by atoms with van der Waals surface area (Å²) in [5.74, 6) is -0.531. The third-order valence-corrected chi connectivity index (χ3v) is 3.49. The van der Waals surface area contributed by atoms with E-state index in [9.17, 15) is 9.59 Å². The highest BCUT2D eigenvalue weighted by Crippen LogP contribution is 2.19. The topological polar surface area (TPSA) is 59.3 Å². The van der Waals surface area contributed by atoms with Crippen molar-refractivity contribution < 1.29 is 9.21 Å². The lowest BCUT2D eigenvalue weighted by Crippen LogP contribution is -2.15. The monoisotopic (exact) mass is 313 g/mol. The molecule has 5 heteroatoms. The molecule has 1 aromatic heterocycles. The molecule has 0 spiro atoms. The molecule has 0 atom stereocenters. The number of carbonyl (C=O) groups is 1. The molecule has 1 N–H and O–H groups in total. The average molecular weight is 314 g/mol. The summed E-state index contributed by atoms with van der Waals surface area (Å²) < 4.78 is 5.59. The molecule has 0 aliphatic carbocycles. The minimum atomic E-state index is -0.496. The van der Waals surface area contributed by atoms with Crippen molar-refractivity contribution >= 4 is 34.2 Å². The fraction of sp³-hybridized carbons (Fsp3) is 0.0588. The number of aryl methyl sites for hydroxylation is 1. The molecular formula is C17H12ClNO3. The summed E-state index contributed by atoms with van der Waals surface area (Å²) in [6, 6.07) is 13.2. The van der Waals surface area contributed by atoms with Crippen LogP contribution in [0.5, 0.6) is 0 Å². The number of benzene rings is 2. The Morgan fingerprint density at radius 1 is 1.14 bits per heavy atom. The van der Waals surface area contributed by atoms with Crippen LogP contribution in [0, 0.1) is 6.92 Å². The van der Waals surface area contributed by atoms with Crippen LogP contribution in [0.15, 0.2) is 57.7 Å². The summed E-state index contributed by atoms with van der Waals surface area (Å²) in [6.07, 6.45) is 0. The maximum absolute atomic E-state index is 12.2. The fourth-order valence-corrected chi connectivity index (χ4v) is 2.38. The first-order valence-electron chi connectivity index (χ1n) is 6.65. The van der Waals surface area contributed by atoms with Crippen LogP contribution < -0.4 is 10.7 Å². The molecule has 3 aromatic rings. The van der Waals surface area contributed by atoms with E-state index in [2.05, 4.69) is 5.32 Å². The highest BCUT2D eigenvalue weighted by molar-refractivity contribution is 6.30. The number of hydrogen-bond donors (Lipinski definition) is 1. The Balaban J connectivity index is 2.01. The maximum atomic E-state index is 12.2. The first kappa shape index (κ1) is 14.4. The zero-order valence-electron chi connectivity index (χ0n) is 11.7. The molecule has 22 heavy (non-hydrogen) atoms. The lowest BCUT2D eigenvalue weighted by atomic mass is 10.1. The van der Waals surface area contributed by atoms with Gasteiger partial charge in [0.15, 0.2) is 11.2 Å². The van der Waals surface area contributed by atoms with E-state index in [1.807, 2.05) is 13.0 Å². The fourth-order valence-electron chi connectivity index (χ4n) is 2.19. The van der Waals surface area contributed by atoms with E-state index in [1.165, 1.54) is 6.07 Å². The second-order valence-corrected chi connectivity index (χ2v) is 5.33. The molecule has 0 fully saturated rings. The average Bonchev–Trinajstić information content (AvgIpc) is 2.48. The predicted octanol–water partition coefficient (Wildman–Crippen LogP) is 4.01. The third kappa shape index (κ3) is 2.73. The van der Waals surface area contributed by atoms with Crippen molar-refractivity contribution in [3.63, 3.8) is 0 Å². The molecule has 0 bridgehead atoms. The van der Waals surface area contributed by atoms with E-state index in [-0.39, 0.29) is 11.2 Å². The van der Waals surface area contributed by atoms with Gasteiger partial charge in [-0.25, -0.2) is 0 Å². The summed E-state index contributed by atoms with van der Waals surface area (Å²) in [5.41, 5.74) is 1.50. The van der Waals surface area contributed by atoms with Crippen LogP contribution in [0.2, 0.25) is 5.02 Å². The Bertz CT molecular complexity index is 931. The summed E-state index contributed by atoms with van der Waals surface area (Å²) in [5, 5.41) is 3.62. The van der Waals surface area contributed by atoms with Gasteiger partial charge in [0.1, 0.15) is 5.58 Å². The van der Waals surface area contributed by atoms with Gasteiger partial charge < -0.3 is 9.73 Å². The summed E-state index contributed by atoms with van der Waals surface area (Å²) >= 11 is 5.87. The van der Waals surface area contributed by atoms with Gasteiger partial charge in [-0.05, 0) is 36.8 Å². The molecule has 0 radical (unpaired) electrons. The van der Waals surface area contributed by atoms with E-state index in [0.29, 0.717) is 21.7 Å². The number of anilines is 1.